The molecule has 0 aliphatic heterocycles. The molecule has 0 radical (unpaired) electrons. The van der Waals surface area contributed by atoms with Crippen molar-refractivity contribution in [2.75, 3.05) is 0 Å². The van der Waals surface area contributed by atoms with Gasteiger partial charge < -0.3 is 4.79 Å². The van der Waals surface area contributed by atoms with Crippen LogP contribution in [0.25, 0.3) is 11.4 Å². The zero-order chi connectivity index (χ0) is 15.8. The maximum absolute atomic E-state index is 11.7. The van der Waals surface area contributed by atoms with Crippen LogP contribution in [0.2, 0.25) is 0 Å². The number of aromatic nitrogens is 4. The summed E-state index contributed by atoms with van der Waals surface area (Å²) in [5, 5.41) is 15.2. The van der Waals surface area contributed by atoms with Crippen LogP contribution in [0.3, 0.4) is 0 Å². The molecule has 2 aromatic rings. The fraction of sp³-hybridized carbons (Fsp3) is 0.375. The summed E-state index contributed by atoms with van der Waals surface area (Å²) in [5.41, 5.74) is 1.93. The predicted octanol–water partition coefficient (Wildman–Crippen LogP) is 2.19. The van der Waals surface area contributed by atoms with Crippen molar-refractivity contribution in [2.24, 2.45) is 0 Å². The molecule has 6 nitrogen and oxygen atoms in total. The van der Waals surface area contributed by atoms with E-state index in [1.54, 1.807) is 6.92 Å². The van der Waals surface area contributed by atoms with E-state index in [1.165, 1.54) is 6.33 Å². The Balaban J connectivity index is 1.82. The quantitative estimate of drug-likeness (QED) is 0.742. The molecule has 0 aliphatic carbocycles. The molecular formula is C16H18N4O2. The smallest absolute Gasteiger partial charge is 0.203 e. The molecule has 0 unspecified atom stereocenters. The number of hydrogen-bond donors (Lipinski definition) is 0. The summed E-state index contributed by atoms with van der Waals surface area (Å²) in [4.78, 5) is 22.6. The van der Waals surface area contributed by atoms with Crippen LogP contribution < -0.4 is 0 Å². The highest BCUT2D eigenvalue weighted by Crippen LogP contribution is 2.15. The lowest BCUT2D eigenvalue weighted by molar-refractivity contribution is -0.119. The first-order chi connectivity index (χ1) is 10.6. The highest BCUT2D eigenvalue weighted by atomic mass is 16.1. The molecule has 1 aromatic heterocycles. The second-order valence-electron chi connectivity index (χ2n) is 5.16. The van der Waals surface area contributed by atoms with Crippen molar-refractivity contribution < 1.29 is 9.59 Å². The number of rotatable bonds is 8. The summed E-state index contributed by atoms with van der Waals surface area (Å²) in [7, 11) is 0. The topological polar surface area (TPSA) is 85.7 Å². The van der Waals surface area contributed by atoms with E-state index in [0.717, 1.165) is 11.1 Å². The normalized spacial score (nSPS) is 10.4. The molecule has 0 N–H and O–H groups in total. The lowest BCUT2D eigenvalue weighted by Gasteiger charge is -2.03. The van der Waals surface area contributed by atoms with Crippen LogP contribution in [0.15, 0.2) is 30.6 Å². The number of benzene rings is 1. The van der Waals surface area contributed by atoms with Crippen molar-refractivity contribution in [1.82, 2.24) is 20.4 Å². The van der Waals surface area contributed by atoms with Crippen LogP contribution in [0.4, 0.5) is 0 Å². The number of Topliss-reactive ketones (excluding diaryl/α,β-unsaturated/α-hetero) is 2. The third-order valence-corrected chi connectivity index (χ3v) is 3.30. The first kappa shape index (κ1) is 15.9. The molecule has 1 heterocycles. The molecule has 0 amide bonds. The van der Waals surface area contributed by atoms with Gasteiger partial charge in [0.05, 0.1) is 0 Å². The summed E-state index contributed by atoms with van der Waals surface area (Å²) in [6.45, 7) is 1.55. The Labute approximate surface area is 129 Å². The van der Waals surface area contributed by atoms with Gasteiger partial charge in [0, 0.05) is 24.8 Å². The Bertz CT molecular complexity index is 626. The first-order valence-electron chi connectivity index (χ1n) is 7.26. The molecule has 114 valence electrons. The average molecular weight is 298 g/mol. The maximum atomic E-state index is 11.7. The third-order valence-electron chi connectivity index (χ3n) is 3.30. The summed E-state index contributed by atoms with van der Waals surface area (Å²) in [5.74, 6) is 0.815. The summed E-state index contributed by atoms with van der Waals surface area (Å²) < 4.78 is 0. The van der Waals surface area contributed by atoms with E-state index in [-0.39, 0.29) is 11.6 Å². The van der Waals surface area contributed by atoms with Crippen LogP contribution in [0, 0.1) is 0 Å². The van der Waals surface area contributed by atoms with Gasteiger partial charge in [-0.15, -0.1) is 20.4 Å². The third kappa shape index (κ3) is 5.12. The minimum Gasteiger partial charge on any atom is -0.300 e. The van der Waals surface area contributed by atoms with E-state index >= 15 is 0 Å². The zero-order valence-corrected chi connectivity index (χ0v) is 12.5. The Morgan fingerprint density at radius 2 is 1.64 bits per heavy atom. The van der Waals surface area contributed by atoms with Crippen molar-refractivity contribution in [2.45, 2.75) is 39.0 Å². The van der Waals surface area contributed by atoms with E-state index in [9.17, 15) is 9.59 Å². The molecular weight excluding hydrogens is 280 g/mol. The van der Waals surface area contributed by atoms with Crippen molar-refractivity contribution in [3.8, 4) is 11.4 Å². The number of aryl methyl sites for hydroxylation is 1. The van der Waals surface area contributed by atoms with Gasteiger partial charge in [-0.25, -0.2) is 0 Å². The van der Waals surface area contributed by atoms with Crippen LogP contribution in [0.5, 0.6) is 0 Å². The largest absolute Gasteiger partial charge is 0.300 e. The number of nitrogens with zero attached hydrogens (tertiary/aromatic N) is 4. The second kappa shape index (κ2) is 8.07. The summed E-state index contributed by atoms with van der Waals surface area (Å²) in [6, 6.07) is 7.70. The Kier molecular flexibility index (Phi) is 5.82. The number of hydrogen-bond acceptors (Lipinski definition) is 6. The average Bonchev–Trinajstić information content (AvgIpc) is 2.54. The van der Waals surface area contributed by atoms with Crippen LogP contribution in [-0.4, -0.2) is 32.0 Å². The number of carbonyl (C=O) groups excluding carboxylic acids is 2. The van der Waals surface area contributed by atoms with Crippen LogP contribution in [-0.2, 0) is 16.0 Å². The van der Waals surface area contributed by atoms with Gasteiger partial charge in [-0.1, -0.05) is 24.3 Å². The summed E-state index contributed by atoms with van der Waals surface area (Å²) >= 11 is 0. The molecule has 0 saturated heterocycles. The number of ketones is 2. The maximum Gasteiger partial charge on any atom is 0.203 e. The van der Waals surface area contributed by atoms with Gasteiger partial charge >= 0.3 is 0 Å². The van der Waals surface area contributed by atoms with Crippen molar-refractivity contribution in [3.63, 3.8) is 0 Å². The van der Waals surface area contributed by atoms with Crippen LogP contribution >= 0.6 is 0 Å². The summed E-state index contributed by atoms with van der Waals surface area (Å²) in [6.07, 6.45) is 4.11. The molecule has 0 bridgehead atoms. The van der Waals surface area contributed by atoms with Crippen molar-refractivity contribution in [1.29, 1.82) is 0 Å². The molecule has 0 fully saturated rings. The second-order valence-corrected chi connectivity index (χ2v) is 5.16. The van der Waals surface area contributed by atoms with E-state index in [2.05, 4.69) is 20.4 Å². The predicted molar refractivity (Wildman–Crippen MR) is 80.9 cm³/mol. The first-order valence-corrected chi connectivity index (χ1v) is 7.26. The Hall–Kier alpha value is -2.50. The van der Waals surface area contributed by atoms with Gasteiger partial charge in [0.25, 0.3) is 0 Å². The van der Waals surface area contributed by atoms with E-state index < -0.39 is 0 Å². The van der Waals surface area contributed by atoms with E-state index in [4.69, 9.17) is 0 Å². The molecule has 2 rings (SSSR count). The van der Waals surface area contributed by atoms with Crippen LogP contribution in [0.1, 0.15) is 38.2 Å². The van der Waals surface area contributed by atoms with Gasteiger partial charge in [0.2, 0.25) is 5.82 Å². The van der Waals surface area contributed by atoms with Gasteiger partial charge in [0.1, 0.15) is 11.6 Å². The minimum atomic E-state index is 0.135. The van der Waals surface area contributed by atoms with Crippen molar-refractivity contribution >= 4 is 11.6 Å². The fourth-order valence-corrected chi connectivity index (χ4v) is 2.08. The zero-order valence-electron chi connectivity index (χ0n) is 12.5. The lowest BCUT2D eigenvalue weighted by atomic mass is 10.0. The van der Waals surface area contributed by atoms with Gasteiger partial charge in [0.15, 0.2) is 6.33 Å². The monoisotopic (exact) mass is 298 g/mol. The fourth-order valence-electron chi connectivity index (χ4n) is 2.08. The highest BCUT2D eigenvalue weighted by molar-refractivity contribution is 5.80. The van der Waals surface area contributed by atoms with Gasteiger partial charge in [-0.05, 0) is 25.3 Å². The lowest BCUT2D eigenvalue weighted by Crippen LogP contribution is -2.01. The molecule has 0 aliphatic rings. The highest BCUT2D eigenvalue weighted by Gasteiger charge is 2.05. The molecule has 1 aromatic carbocycles. The SMILES string of the molecule is CC(=O)CCCC(=O)CCc1ccc(-c2nncnn2)cc1. The molecule has 22 heavy (non-hydrogen) atoms. The van der Waals surface area contributed by atoms with E-state index in [1.807, 2.05) is 24.3 Å². The number of carbonyl (C=O) groups is 2. The Morgan fingerprint density at radius 3 is 2.27 bits per heavy atom. The Morgan fingerprint density at radius 1 is 0.955 bits per heavy atom. The molecule has 6 heteroatoms. The standard InChI is InChI=1S/C16H18N4O2/c1-12(21)3-2-4-15(22)10-7-13-5-8-14(9-6-13)16-19-17-11-18-20-16/h5-6,8-9,11H,2-4,7,10H2,1H3. The van der Waals surface area contributed by atoms with Gasteiger partial charge in [-0.3, -0.25) is 4.79 Å². The minimum absolute atomic E-state index is 0.135. The molecule has 0 atom stereocenters. The molecule has 0 saturated carbocycles. The van der Waals surface area contributed by atoms with E-state index in [0.29, 0.717) is 37.9 Å². The molecule has 0 spiro atoms. The van der Waals surface area contributed by atoms with Crippen molar-refractivity contribution in [3.05, 3.63) is 36.2 Å². The van der Waals surface area contributed by atoms with Gasteiger partial charge in [-0.2, -0.15) is 0 Å².